The van der Waals surface area contributed by atoms with E-state index in [-0.39, 0.29) is 5.78 Å². The Kier molecular flexibility index (Phi) is 3.98. The lowest BCUT2D eigenvalue weighted by Gasteiger charge is -2.16. The number of Topliss-reactive ketones (excluding diaryl/α,β-unsaturated/α-hetero) is 1. The molecule has 1 aliphatic rings. The molecule has 2 aromatic heterocycles. The van der Waals surface area contributed by atoms with E-state index < -0.39 is 11.8 Å². The number of carbonyl (C=O) groups excluding carboxylic acids is 2. The largest absolute Gasteiger partial charge is 0.369 e. The Labute approximate surface area is 167 Å². The van der Waals surface area contributed by atoms with E-state index in [0.29, 0.717) is 12.0 Å². The molecule has 1 atom stereocenters. The molecule has 2 N–H and O–H groups in total. The van der Waals surface area contributed by atoms with Crippen LogP contribution in [0.2, 0.25) is 0 Å². The van der Waals surface area contributed by atoms with Crippen molar-refractivity contribution >= 4 is 17.3 Å². The fourth-order valence-corrected chi connectivity index (χ4v) is 4.02. The number of carbonyl (C=O) groups is 2. The number of amides is 1. The van der Waals surface area contributed by atoms with Crippen LogP contribution in [0.25, 0.3) is 16.8 Å². The van der Waals surface area contributed by atoms with Crippen LogP contribution in [0.15, 0.2) is 67.1 Å². The number of hydrogen-bond acceptors (Lipinski definition) is 4. The second-order valence-electron chi connectivity index (χ2n) is 7.28. The van der Waals surface area contributed by atoms with Crippen molar-refractivity contribution in [3.8, 4) is 11.1 Å². The van der Waals surface area contributed by atoms with Crippen molar-refractivity contribution in [2.75, 3.05) is 0 Å². The number of ketones is 1. The molecule has 0 bridgehead atoms. The van der Waals surface area contributed by atoms with Gasteiger partial charge >= 0.3 is 0 Å². The summed E-state index contributed by atoms with van der Waals surface area (Å²) in [6, 6.07) is 17.3. The topological polar surface area (TPSA) is 90.3 Å². The highest BCUT2D eigenvalue weighted by Gasteiger charge is 2.25. The fraction of sp³-hybridized carbons (Fsp3) is 0.130. The van der Waals surface area contributed by atoms with Crippen molar-refractivity contribution in [1.29, 1.82) is 0 Å². The third-order valence-electron chi connectivity index (χ3n) is 5.53. The molecular formula is C23H18N4O2. The molecule has 2 aromatic carbocycles. The van der Waals surface area contributed by atoms with Gasteiger partial charge in [0.25, 0.3) is 0 Å². The summed E-state index contributed by atoms with van der Waals surface area (Å²) in [5, 5.41) is 4.10. The van der Waals surface area contributed by atoms with Gasteiger partial charge in [-0.3, -0.25) is 9.59 Å². The Morgan fingerprint density at radius 2 is 1.76 bits per heavy atom. The van der Waals surface area contributed by atoms with Crippen LogP contribution in [0.4, 0.5) is 0 Å². The van der Waals surface area contributed by atoms with Crippen LogP contribution >= 0.6 is 0 Å². The van der Waals surface area contributed by atoms with E-state index in [1.54, 1.807) is 4.52 Å². The summed E-state index contributed by atoms with van der Waals surface area (Å²) < 4.78 is 1.70. The van der Waals surface area contributed by atoms with Crippen molar-refractivity contribution in [2.24, 2.45) is 5.73 Å². The minimum Gasteiger partial charge on any atom is -0.369 e. The molecule has 4 aromatic rings. The van der Waals surface area contributed by atoms with Gasteiger partial charge in [0.1, 0.15) is 6.33 Å². The highest BCUT2D eigenvalue weighted by molar-refractivity contribution is 6.01. The van der Waals surface area contributed by atoms with E-state index in [2.05, 4.69) is 10.1 Å². The van der Waals surface area contributed by atoms with Crippen molar-refractivity contribution < 1.29 is 9.59 Å². The molecule has 6 nitrogen and oxygen atoms in total. The van der Waals surface area contributed by atoms with E-state index in [1.807, 2.05) is 60.8 Å². The van der Waals surface area contributed by atoms with E-state index >= 15 is 0 Å². The summed E-state index contributed by atoms with van der Waals surface area (Å²) in [5.41, 5.74) is 11.8. The second kappa shape index (κ2) is 6.67. The quantitative estimate of drug-likeness (QED) is 0.587. The second-order valence-corrected chi connectivity index (χ2v) is 7.28. The van der Waals surface area contributed by atoms with Gasteiger partial charge in [0.05, 0.1) is 5.92 Å². The van der Waals surface area contributed by atoms with E-state index in [9.17, 15) is 9.59 Å². The van der Waals surface area contributed by atoms with Crippen LogP contribution in [0.5, 0.6) is 0 Å². The monoisotopic (exact) mass is 382 g/mol. The fourth-order valence-electron chi connectivity index (χ4n) is 4.02. The number of hydrogen-bond donors (Lipinski definition) is 1. The molecule has 1 amide bonds. The third kappa shape index (κ3) is 2.99. The lowest BCUT2D eigenvalue weighted by molar-refractivity contribution is -0.118. The zero-order valence-electron chi connectivity index (χ0n) is 15.6. The first-order valence-corrected chi connectivity index (χ1v) is 9.45. The number of pyridine rings is 1. The lowest BCUT2D eigenvalue weighted by atomic mass is 9.88. The van der Waals surface area contributed by atoms with Gasteiger partial charge in [-0.2, -0.15) is 5.10 Å². The van der Waals surface area contributed by atoms with Crippen molar-refractivity contribution in [1.82, 2.24) is 14.6 Å². The van der Waals surface area contributed by atoms with E-state index in [4.69, 9.17) is 5.73 Å². The Bertz CT molecular complexity index is 1260. The summed E-state index contributed by atoms with van der Waals surface area (Å²) in [5.74, 6) is -0.904. The molecule has 1 unspecified atom stereocenters. The molecule has 2 heterocycles. The van der Waals surface area contributed by atoms with Crippen LogP contribution < -0.4 is 5.73 Å². The average molecular weight is 382 g/mol. The molecule has 0 saturated carbocycles. The molecule has 0 spiro atoms. The molecule has 142 valence electrons. The molecule has 5 rings (SSSR count). The van der Waals surface area contributed by atoms with Gasteiger partial charge in [-0.25, -0.2) is 9.50 Å². The molecule has 0 saturated heterocycles. The molecule has 0 fully saturated rings. The van der Waals surface area contributed by atoms with Crippen LogP contribution in [0.3, 0.4) is 0 Å². The highest BCUT2D eigenvalue weighted by atomic mass is 16.1. The standard InChI is InChI=1S/C23H18N4O2/c24-23(29)22(18-6-3-15-7-8-20(28)19(15)11-18)16-4-1-14(2-5-16)17-9-10-27-21(12-17)25-13-26-27/h1-6,9-13,22H,7-8H2,(H2,24,29). The van der Waals surface area contributed by atoms with Crippen molar-refractivity contribution in [2.45, 2.75) is 18.8 Å². The Hall–Kier alpha value is -3.80. The Balaban J connectivity index is 1.50. The first kappa shape index (κ1) is 17.3. The smallest absolute Gasteiger partial charge is 0.229 e. The minimum atomic E-state index is -0.596. The lowest BCUT2D eigenvalue weighted by Crippen LogP contribution is -2.22. The number of nitrogens with zero attached hydrogens (tertiary/aromatic N) is 3. The van der Waals surface area contributed by atoms with E-state index in [1.165, 1.54) is 6.33 Å². The number of aryl methyl sites for hydroxylation is 1. The maximum atomic E-state index is 12.3. The SMILES string of the molecule is NC(=O)C(c1ccc(-c2ccn3ncnc3c2)cc1)c1ccc2c(c1)C(=O)CC2. The molecule has 1 aliphatic carbocycles. The zero-order valence-corrected chi connectivity index (χ0v) is 15.6. The van der Waals surface area contributed by atoms with Gasteiger partial charge in [0.2, 0.25) is 5.91 Å². The summed E-state index contributed by atoms with van der Waals surface area (Å²) in [6.45, 7) is 0. The maximum absolute atomic E-state index is 12.3. The number of fused-ring (bicyclic) bond motifs is 2. The first-order valence-electron chi connectivity index (χ1n) is 9.45. The summed E-state index contributed by atoms with van der Waals surface area (Å²) in [4.78, 5) is 28.6. The van der Waals surface area contributed by atoms with Gasteiger partial charge < -0.3 is 5.73 Å². The minimum absolute atomic E-state index is 0.129. The predicted molar refractivity (Wildman–Crippen MR) is 109 cm³/mol. The zero-order chi connectivity index (χ0) is 20.0. The number of aromatic nitrogens is 3. The van der Waals surface area contributed by atoms with E-state index in [0.717, 1.165) is 39.9 Å². The highest BCUT2D eigenvalue weighted by Crippen LogP contribution is 2.31. The molecule has 0 aliphatic heterocycles. The predicted octanol–water partition coefficient (Wildman–Crippen LogP) is 3.14. The van der Waals surface area contributed by atoms with Gasteiger partial charge in [-0.1, -0.05) is 36.4 Å². The third-order valence-corrected chi connectivity index (χ3v) is 5.53. The number of rotatable bonds is 4. The van der Waals surface area contributed by atoms with Crippen molar-refractivity contribution in [3.05, 3.63) is 89.4 Å². The first-order chi connectivity index (χ1) is 14.1. The van der Waals surface area contributed by atoms with Crippen LogP contribution in [-0.4, -0.2) is 26.3 Å². The average Bonchev–Trinajstić information content (AvgIpc) is 3.34. The Morgan fingerprint density at radius 3 is 2.55 bits per heavy atom. The van der Waals surface area contributed by atoms with Crippen LogP contribution in [0, 0.1) is 0 Å². The van der Waals surface area contributed by atoms with Crippen LogP contribution in [0.1, 0.15) is 39.4 Å². The van der Waals surface area contributed by atoms with Crippen LogP contribution in [-0.2, 0) is 11.2 Å². The molecule has 6 heteroatoms. The Morgan fingerprint density at radius 1 is 0.966 bits per heavy atom. The van der Waals surface area contributed by atoms with Gasteiger partial charge in [0, 0.05) is 18.2 Å². The maximum Gasteiger partial charge on any atom is 0.229 e. The van der Waals surface area contributed by atoms with Gasteiger partial charge in [-0.05, 0) is 52.4 Å². The number of primary amides is 1. The summed E-state index contributed by atoms with van der Waals surface area (Å²) >= 11 is 0. The summed E-state index contributed by atoms with van der Waals surface area (Å²) in [6.07, 6.45) is 4.67. The molecular weight excluding hydrogens is 364 g/mol. The number of nitrogens with two attached hydrogens (primary N) is 1. The van der Waals surface area contributed by atoms with Crippen molar-refractivity contribution in [3.63, 3.8) is 0 Å². The normalized spacial score (nSPS) is 14.1. The van der Waals surface area contributed by atoms with Gasteiger partial charge in [0.15, 0.2) is 11.4 Å². The number of benzene rings is 2. The molecule has 0 radical (unpaired) electrons. The molecule has 29 heavy (non-hydrogen) atoms. The van der Waals surface area contributed by atoms with Gasteiger partial charge in [-0.15, -0.1) is 0 Å². The summed E-state index contributed by atoms with van der Waals surface area (Å²) in [7, 11) is 0.